The van der Waals surface area contributed by atoms with Crippen molar-refractivity contribution >= 4 is 0 Å². The Kier molecular flexibility index (Phi) is 11.4. The van der Waals surface area contributed by atoms with Crippen LogP contribution in [-0.4, -0.2) is 19.8 Å². The average molecular weight is 184 g/mol. The summed E-state index contributed by atoms with van der Waals surface area (Å²) in [6.45, 7) is 7.53. The lowest BCUT2D eigenvalue weighted by atomic mass is 10.3. The van der Waals surface area contributed by atoms with E-state index in [4.69, 9.17) is 0 Å². The Morgan fingerprint density at radius 1 is 1.00 bits per heavy atom. The van der Waals surface area contributed by atoms with E-state index in [1.807, 2.05) is 0 Å². The first-order valence-corrected chi connectivity index (χ1v) is 5.48. The fourth-order valence-electron chi connectivity index (χ4n) is 1.04. The van der Waals surface area contributed by atoms with Gasteiger partial charge in [-0.2, -0.15) is 0 Å². The lowest BCUT2D eigenvalue weighted by molar-refractivity contribution is 0.569. The van der Waals surface area contributed by atoms with Crippen molar-refractivity contribution in [3.05, 3.63) is 12.2 Å². The fourth-order valence-corrected chi connectivity index (χ4v) is 1.04. The molecule has 0 atom stereocenters. The Bertz CT molecular complexity index is 111. The normalized spacial score (nSPS) is 11.2. The van der Waals surface area contributed by atoms with Crippen LogP contribution < -0.4 is 10.6 Å². The quantitative estimate of drug-likeness (QED) is 0.326. The highest BCUT2D eigenvalue weighted by molar-refractivity contribution is 4.80. The minimum Gasteiger partial charge on any atom is -0.304 e. The van der Waals surface area contributed by atoms with Gasteiger partial charge < -0.3 is 10.6 Å². The van der Waals surface area contributed by atoms with Crippen molar-refractivity contribution in [1.82, 2.24) is 10.6 Å². The summed E-state index contributed by atoms with van der Waals surface area (Å²) in [6, 6.07) is 0. The van der Waals surface area contributed by atoms with E-state index in [0.29, 0.717) is 0 Å². The summed E-state index contributed by atoms with van der Waals surface area (Å²) in [7, 11) is 0. The molecule has 0 aromatic heterocycles. The Morgan fingerprint density at radius 3 is 2.46 bits per heavy atom. The highest BCUT2D eigenvalue weighted by Crippen LogP contribution is 1.84. The fraction of sp³-hybridized carbons (Fsp3) is 0.818. The number of nitrogens with one attached hydrogen (secondary N) is 2. The van der Waals surface area contributed by atoms with Crippen LogP contribution in [0.2, 0.25) is 0 Å². The predicted octanol–water partition coefficient (Wildman–Crippen LogP) is 2.28. The summed E-state index contributed by atoms with van der Waals surface area (Å²) in [5, 5.41) is 6.68. The molecule has 2 nitrogen and oxygen atoms in total. The maximum atomic E-state index is 3.34. The van der Waals surface area contributed by atoms with E-state index in [0.717, 1.165) is 32.6 Å². The summed E-state index contributed by atoms with van der Waals surface area (Å²) in [5.74, 6) is 0. The third kappa shape index (κ3) is 11.7. The summed E-state index contributed by atoms with van der Waals surface area (Å²) < 4.78 is 0. The number of hydrogen-bond acceptors (Lipinski definition) is 2. The van der Waals surface area contributed by atoms with Crippen LogP contribution in [0.1, 0.15) is 39.5 Å². The second-order valence-electron chi connectivity index (χ2n) is 3.20. The summed E-state index contributed by atoms with van der Waals surface area (Å²) in [5.41, 5.74) is 0. The van der Waals surface area contributed by atoms with Gasteiger partial charge in [-0.1, -0.05) is 32.4 Å². The second kappa shape index (κ2) is 11.7. The van der Waals surface area contributed by atoms with Crippen LogP contribution in [0.25, 0.3) is 0 Å². The minimum absolute atomic E-state index is 0.944. The lowest BCUT2D eigenvalue weighted by Crippen LogP contribution is -2.30. The maximum absolute atomic E-state index is 3.34. The molecule has 0 rings (SSSR count). The first-order chi connectivity index (χ1) is 6.41. The lowest BCUT2D eigenvalue weighted by Gasteiger charge is -2.04. The second-order valence-corrected chi connectivity index (χ2v) is 3.20. The number of hydrogen-bond donors (Lipinski definition) is 2. The van der Waals surface area contributed by atoms with Crippen molar-refractivity contribution in [2.75, 3.05) is 19.8 Å². The molecule has 0 aliphatic rings. The molecule has 0 amide bonds. The topological polar surface area (TPSA) is 24.1 Å². The Balaban J connectivity index is 2.87. The van der Waals surface area contributed by atoms with E-state index in [9.17, 15) is 0 Å². The standard InChI is InChI=1S/C11H24N2/c1-3-5-7-8-10-13-11-12-9-6-4-2/h5,7,12-13H,3-4,6,8-11H2,1-2H3. The molecular weight excluding hydrogens is 160 g/mol. The van der Waals surface area contributed by atoms with Gasteiger partial charge in [0.2, 0.25) is 0 Å². The largest absolute Gasteiger partial charge is 0.304 e. The van der Waals surface area contributed by atoms with Crippen molar-refractivity contribution < 1.29 is 0 Å². The van der Waals surface area contributed by atoms with Gasteiger partial charge in [0, 0.05) is 6.67 Å². The molecule has 0 aliphatic carbocycles. The SMILES string of the molecule is CCC=CCCNCNCCCC. The molecule has 13 heavy (non-hydrogen) atoms. The molecule has 0 unspecified atom stereocenters. The molecular formula is C11H24N2. The van der Waals surface area contributed by atoms with Gasteiger partial charge in [-0.05, 0) is 32.4 Å². The van der Waals surface area contributed by atoms with Crippen LogP contribution in [-0.2, 0) is 0 Å². The number of unbranched alkanes of at least 4 members (excludes halogenated alkanes) is 1. The highest BCUT2D eigenvalue weighted by Gasteiger charge is 1.84. The Labute approximate surface area is 82.8 Å². The molecule has 0 aliphatic heterocycles. The van der Waals surface area contributed by atoms with Crippen LogP contribution >= 0.6 is 0 Å². The van der Waals surface area contributed by atoms with Crippen molar-refractivity contribution in [2.24, 2.45) is 0 Å². The van der Waals surface area contributed by atoms with Gasteiger partial charge in [0.05, 0.1) is 0 Å². The van der Waals surface area contributed by atoms with Gasteiger partial charge in [-0.3, -0.25) is 0 Å². The molecule has 78 valence electrons. The third-order valence-corrected chi connectivity index (χ3v) is 1.85. The van der Waals surface area contributed by atoms with E-state index < -0.39 is 0 Å². The minimum atomic E-state index is 0.944. The van der Waals surface area contributed by atoms with Crippen LogP contribution in [0.5, 0.6) is 0 Å². The molecule has 0 bridgehead atoms. The third-order valence-electron chi connectivity index (χ3n) is 1.85. The molecule has 0 heterocycles. The highest BCUT2D eigenvalue weighted by atomic mass is 15.0. The summed E-state index contributed by atoms with van der Waals surface area (Å²) in [6.07, 6.45) is 9.28. The summed E-state index contributed by atoms with van der Waals surface area (Å²) in [4.78, 5) is 0. The van der Waals surface area contributed by atoms with Crippen molar-refractivity contribution in [3.8, 4) is 0 Å². The monoisotopic (exact) mass is 184 g/mol. The molecule has 0 saturated heterocycles. The number of rotatable bonds is 9. The van der Waals surface area contributed by atoms with Crippen molar-refractivity contribution in [3.63, 3.8) is 0 Å². The van der Waals surface area contributed by atoms with E-state index in [-0.39, 0.29) is 0 Å². The zero-order chi connectivity index (χ0) is 9.78. The Morgan fingerprint density at radius 2 is 1.77 bits per heavy atom. The summed E-state index contributed by atoms with van der Waals surface area (Å²) >= 11 is 0. The molecule has 0 aromatic rings. The maximum Gasteiger partial charge on any atom is 0.0454 e. The Hall–Kier alpha value is -0.340. The van der Waals surface area contributed by atoms with Gasteiger partial charge in [0.1, 0.15) is 0 Å². The average Bonchev–Trinajstić information content (AvgIpc) is 2.16. The van der Waals surface area contributed by atoms with E-state index in [2.05, 4.69) is 36.6 Å². The molecule has 0 radical (unpaired) electrons. The molecule has 0 saturated carbocycles. The van der Waals surface area contributed by atoms with Gasteiger partial charge in [-0.25, -0.2) is 0 Å². The van der Waals surface area contributed by atoms with Gasteiger partial charge in [0.15, 0.2) is 0 Å². The molecule has 2 heteroatoms. The van der Waals surface area contributed by atoms with Crippen LogP contribution in [0.4, 0.5) is 0 Å². The number of allylic oxidation sites excluding steroid dienone is 1. The van der Waals surface area contributed by atoms with Gasteiger partial charge in [0.25, 0.3) is 0 Å². The predicted molar refractivity (Wildman–Crippen MR) is 59.8 cm³/mol. The van der Waals surface area contributed by atoms with Crippen LogP contribution in [0.15, 0.2) is 12.2 Å². The van der Waals surface area contributed by atoms with E-state index in [1.54, 1.807) is 0 Å². The molecule has 2 N–H and O–H groups in total. The molecule has 0 fully saturated rings. The van der Waals surface area contributed by atoms with Crippen molar-refractivity contribution in [2.45, 2.75) is 39.5 Å². The van der Waals surface area contributed by atoms with E-state index >= 15 is 0 Å². The smallest absolute Gasteiger partial charge is 0.0454 e. The zero-order valence-corrected chi connectivity index (χ0v) is 9.10. The van der Waals surface area contributed by atoms with Crippen LogP contribution in [0.3, 0.4) is 0 Å². The van der Waals surface area contributed by atoms with E-state index in [1.165, 1.54) is 12.8 Å². The van der Waals surface area contributed by atoms with Gasteiger partial charge >= 0.3 is 0 Å². The first kappa shape index (κ1) is 12.7. The van der Waals surface area contributed by atoms with Crippen molar-refractivity contribution in [1.29, 1.82) is 0 Å². The zero-order valence-electron chi connectivity index (χ0n) is 9.10. The first-order valence-electron chi connectivity index (χ1n) is 5.48. The van der Waals surface area contributed by atoms with Gasteiger partial charge in [-0.15, -0.1) is 0 Å². The molecule has 0 spiro atoms. The van der Waals surface area contributed by atoms with Crippen LogP contribution in [0, 0.1) is 0 Å². The molecule has 0 aromatic carbocycles.